The van der Waals surface area contributed by atoms with Gasteiger partial charge in [-0.2, -0.15) is 0 Å². The Balaban J connectivity index is 3.83. The van der Waals surface area contributed by atoms with E-state index < -0.39 is 33.7 Å². The molecule has 0 aliphatic carbocycles. The van der Waals surface area contributed by atoms with E-state index in [1.54, 1.807) is 0 Å². The highest BCUT2D eigenvalue weighted by molar-refractivity contribution is 6.05. The summed E-state index contributed by atoms with van der Waals surface area (Å²) in [6.45, 7) is 2.87. The quantitative estimate of drug-likeness (QED) is 0.611. The van der Waals surface area contributed by atoms with Crippen molar-refractivity contribution in [2.24, 2.45) is 0 Å². The van der Waals surface area contributed by atoms with E-state index in [2.05, 4.69) is 0 Å². The van der Waals surface area contributed by atoms with Crippen molar-refractivity contribution in [3.8, 4) is 0 Å². The molecule has 0 bridgehead atoms. The Morgan fingerprint density at radius 3 is 2.12 bits per heavy atom. The minimum atomic E-state index is -1.63. The number of aromatic carboxylic acids is 2. The SMILES string of the molecule is Cc1cc(C(=O)O)c(C(=O)O)c([N+](=O)[O-])c1C. The Labute approximate surface area is 95.5 Å². The molecule has 17 heavy (non-hydrogen) atoms. The second-order valence-corrected chi connectivity index (χ2v) is 3.46. The lowest BCUT2D eigenvalue weighted by Gasteiger charge is -2.08. The van der Waals surface area contributed by atoms with Crippen molar-refractivity contribution >= 4 is 17.6 Å². The number of hydrogen-bond donors (Lipinski definition) is 2. The average molecular weight is 239 g/mol. The van der Waals surface area contributed by atoms with Crippen molar-refractivity contribution in [3.05, 3.63) is 38.4 Å². The molecule has 1 aromatic carbocycles. The molecule has 0 atom stereocenters. The maximum absolute atomic E-state index is 10.9. The van der Waals surface area contributed by atoms with Crippen LogP contribution in [0.25, 0.3) is 0 Å². The van der Waals surface area contributed by atoms with E-state index in [0.29, 0.717) is 5.56 Å². The summed E-state index contributed by atoms with van der Waals surface area (Å²) < 4.78 is 0. The molecule has 1 rings (SSSR count). The second kappa shape index (κ2) is 4.20. The van der Waals surface area contributed by atoms with E-state index in [0.717, 1.165) is 6.07 Å². The van der Waals surface area contributed by atoms with Gasteiger partial charge in [0, 0.05) is 5.56 Å². The monoisotopic (exact) mass is 239 g/mol. The number of carboxylic acids is 2. The number of aryl methyl sites for hydroxylation is 1. The molecule has 90 valence electrons. The predicted molar refractivity (Wildman–Crippen MR) is 56.5 cm³/mol. The number of benzene rings is 1. The van der Waals surface area contributed by atoms with Crippen LogP contribution in [0, 0.1) is 24.0 Å². The summed E-state index contributed by atoms with van der Waals surface area (Å²) in [6.07, 6.45) is 0. The van der Waals surface area contributed by atoms with Crippen LogP contribution in [0.4, 0.5) is 5.69 Å². The van der Waals surface area contributed by atoms with Crippen molar-refractivity contribution < 1.29 is 24.7 Å². The van der Waals surface area contributed by atoms with Gasteiger partial charge in [0.2, 0.25) is 0 Å². The van der Waals surface area contributed by atoms with Crippen LogP contribution in [-0.4, -0.2) is 27.1 Å². The number of nitro groups is 1. The minimum absolute atomic E-state index is 0.150. The number of carbonyl (C=O) groups is 2. The number of carboxylic acid groups (broad SMARTS) is 2. The lowest BCUT2D eigenvalue weighted by Crippen LogP contribution is -2.13. The van der Waals surface area contributed by atoms with Crippen LogP contribution in [0.2, 0.25) is 0 Å². The Kier molecular flexibility index (Phi) is 3.12. The third-order valence-corrected chi connectivity index (χ3v) is 2.44. The number of rotatable bonds is 3. The minimum Gasteiger partial charge on any atom is -0.478 e. The zero-order valence-electron chi connectivity index (χ0n) is 9.05. The fraction of sp³-hybridized carbons (Fsp3) is 0.200. The van der Waals surface area contributed by atoms with Gasteiger partial charge in [-0.05, 0) is 25.5 Å². The number of nitrogens with zero attached hydrogens (tertiary/aromatic N) is 1. The van der Waals surface area contributed by atoms with Crippen molar-refractivity contribution in [1.82, 2.24) is 0 Å². The van der Waals surface area contributed by atoms with E-state index in [1.807, 2.05) is 0 Å². The van der Waals surface area contributed by atoms with E-state index in [1.165, 1.54) is 13.8 Å². The Morgan fingerprint density at radius 2 is 1.76 bits per heavy atom. The van der Waals surface area contributed by atoms with Crippen molar-refractivity contribution in [1.29, 1.82) is 0 Å². The second-order valence-electron chi connectivity index (χ2n) is 3.46. The average Bonchev–Trinajstić information content (AvgIpc) is 2.19. The fourth-order valence-electron chi connectivity index (χ4n) is 1.51. The lowest BCUT2D eigenvalue weighted by molar-refractivity contribution is -0.385. The Morgan fingerprint density at radius 1 is 1.24 bits per heavy atom. The third kappa shape index (κ3) is 2.07. The molecular weight excluding hydrogens is 230 g/mol. The zero-order chi connectivity index (χ0) is 13.3. The normalized spacial score (nSPS) is 10.0. The summed E-state index contributed by atoms with van der Waals surface area (Å²) in [4.78, 5) is 31.8. The van der Waals surface area contributed by atoms with Crippen LogP contribution in [0.3, 0.4) is 0 Å². The van der Waals surface area contributed by atoms with Crippen LogP contribution in [0.5, 0.6) is 0 Å². The first kappa shape index (κ1) is 12.6. The Bertz CT molecular complexity index is 534. The van der Waals surface area contributed by atoms with Gasteiger partial charge in [0.25, 0.3) is 5.69 Å². The third-order valence-electron chi connectivity index (χ3n) is 2.44. The fourth-order valence-corrected chi connectivity index (χ4v) is 1.51. The highest BCUT2D eigenvalue weighted by Crippen LogP contribution is 2.29. The molecule has 0 aliphatic rings. The van der Waals surface area contributed by atoms with Gasteiger partial charge in [0.15, 0.2) is 5.56 Å². The van der Waals surface area contributed by atoms with Crippen LogP contribution in [0.15, 0.2) is 6.07 Å². The van der Waals surface area contributed by atoms with Crippen LogP contribution >= 0.6 is 0 Å². The molecule has 0 aliphatic heterocycles. The van der Waals surface area contributed by atoms with Gasteiger partial charge in [0.1, 0.15) is 0 Å². The summed E-state index contributed by atoms with van der Waals surface area (Å²) in [5.41, 5.74) is -1.52. The van der Waals surface area contributed by atoms with Crippen LogP contribution in [0.1, 0.15) is 31.8 Å². The molecule has 0 radical (unpaired) electrons. The maximum atomic E-state index is 10.9. The standard InChI is InChI=1S/C10H9NO6/c1-4-3-6(9(12)13)7(10(14)15)8(5(4)2)11(16)17/h3H,1-2H3,(H,12,13)(H,14,15). The highest BCUT2D eigenvalue weighted by atomic mass is 16.6. The van der Waals surface area contributed by atoms with Gasteiger partial charge in [-0.1, -0.05) is 0 Å². The lowest BCUT2D eigenvalue weighted by atomic mass is 9.97. The predicted octanol–water partition coefficient (Wildman–Crippen LogP) is 1.61. The van der Waals surface area contributed by atoms with Gasteiger partial charge in [0.05, 0.1) is 10.5 Å². The number of nitro benzene ring substituents is 1. The highest BCUT2D eigenvalue weighted by Gasteiger charge is 2.30. The molecule has 7 nitrogen and oxygen atoms in total. The maximum Gasteiger partial charge on any atom is 0.343 e. The Hall–Kier alpha value is -2.44. The van der Waals surface area contributed by atoms with E-state index in [4.69, 9.17) is 10.2 Å². The van der Waals surface area contributed by atoms with Crippen LogP contribution < -0.4 is 0 Å². The smallest absolute Gasteiger partial charge is 0.343 e. The molecule has 0 saturated carbocycles. The molecule has 0 amide bonds. The van der Waals surface area contributed by atoms with Crippen LogP contribution in [-0.2, 0) is 0 Å². The first-order chi connectivity index (χ1) is 7.77. The number of hydrogen-bond acceptors (Lipinski definition) is 4. The molecule has 0 fully saturated rings. The van der Waals surface area contributed by atoms with Crippen molar-refractivity contribution in [2.45, 2.75) is 13.8 Å². The molecule has 0 unspecified atom stereocenters. The zero-order valence-corrected chi connectivity index (χ0v) is 9.05. The summed E-state index contributed by atoms with van der Waals surface area (Å²) in [7, 11) is 0. The molecule has 0 aromatic heterocycles. The summed E-state index contributed by atoms with van der Waals surface area (Å²) in [5, 5.41) is 28.6. The van der Waals surface area contributed by atoms with Gasteiger partial charge >= 0.3 is 11.9 Å². The molecular formula is C10H9NO6. The van der Waals surface area contributed by atoms with Crippen molar-refractivity contribution in [3.63, 3.8) is 0 Å². The van der Waals surface area contributed by atoms with E-state index in [-0.39, 0.29) is 5.56 Å². The van der Waals surface area contributed by atoms with E-state index in [9.17, 15) is 19.7 Å². The first-order valence-corrected chi connectivity index (χ1v) is 4.52. The first-order valence-electron chi connectivity index (χ1n) is 4.52. The topological polar surface area (TPSA) is 118 Å². The molecule has 7 heteroatoms. The summed E-state index contributed by atoms with van der Waals surface area (Å²) in [6, 6.07) is 1.12. The van der Waals surface area contributed by atoms with Gasteiger partial charge < -0.3 is 10.2 Å². The molecule has 1 aromatic rings. The molecule has 0 heterocycles. The summed E-state index contributed by atoms with van der Waals surface area (Å²) >= 11 is 0. The largest absolute Gasteiger partial charge is 0.478 e. The van der Waals surface area contributed by atoms with Crippen molar-refractivity contribution in [2.75, 3.05) is 0 Å². The van der Waals surface area contributed by atoms with E-state index >= 15 is 0 Å². The molecule has 0 spiro atoms. The molecule has 0 saturated heterocycles. The van der Waals surface area contributed by atoms with Gasteiger partial charge in [-0.25, -0.2) is 9.59 Å². The van der Waals surface area contributed by atoms with Gasteiger partial charge in [-0.3, -0.25) is 10.1 Å². The summed E-state index contributed by atoms with van der Waals surface area (Å²) in [5.74, 6) is -3.13. The molecule has 2 N–H and O–H groups in total. The van der Waals surface area contributed by atoms with Gasteiger partial charge in [-0.15, -0.1) is 0 Å².